The van der Waals surface area contributed by atoms with Crippen molar-refractivity contribution in [3.8, 4) is 0 Å². The summed E-state index contributed by atoms with van der Waals surface area (Å²) in [6.45, 7) is 2.59. The first kappa shape index (κ1) is 13.9. The third-order valence-corrected chi connectivity index (χ3v) is 2.47. The molecule has 0 aliphatic heterocycles. The molecule has 17 heavy (non-hydrogen) atoms. The Bertz CT molecular complexity index is 345. The van der Waals surface area contributed by atoms with Gasteiger partial charge in [-0.25, -0.2) is 9.97 Å². The van der Waals surface area contributed by atoms with Gasteiger partial charge in [-0.3, -0.25) is 0 Å². The fourth-order valence-corrected chi connectivity index (χ4v) is 1.63. The van der Waals surface area contributed by atoms with Crippen molar-refractivity contribution in [2.24, 2.45) is 0 Å². The lowest BCUT2D eigenvalue weighted by Gasteiger charge is -2.15. The predicted octanol–water partition coefficient (Wildman–Crippen LogP) is 2.15. The van der Waals surface area contributed by atoms with Gasteiger partial charge in [0.25, 0.3) is 0 Å². The van der Waals surface area contributed by atoms with Crippen molar-refractivity contribution in [3.05, 3.63) is 17.6 Å². The minimum atomic E-state index is -0.0519. The topological polar surface area (TPSA) is 56.3 Å². The maximum atomic E-state index is 5.42. The Balaban J connectivity index is 2.99. The summed E-state index contributed by atoms with van der Waals surface area (Å²) in [5.74, 6) is 1.51. The summed E-state index contributed by atoms with van der Waals surface area (Å²) in [4.78, 5) is 8.88. The second-order valence-corrected chi connectivity index (χ2v) is 3.80. The highest BCUT2D eigenvalue weighted by Crippen LogP contribution is 2.20. The molecule has 0 aromatic carbocycles. The van der Waals surface area contributed by atoms with Gasteiger partial charge in [-0.2, -0.15) is 0 Å². The lowest BCUT2D eigenvalue weighted by atomic mass is 10.2. The number of hydrogen-bond acceptors (Lipinski definition) is 5. The Morgan fingerprint density at radius 3 is 2.65 bits per heavy atom. The van der Waals surface area contributed by atoms with E-state index < -0.39 is 0 Å². The van der Waals surface area contributed by atoms with Gasteiger partial charge in [-0.05, 0) is 6.42 Å². The molecule has 1 aromatic rings. The molecule has 0 radical (unpaired) electrons. The van der Waals surface area contributed by atoms with Gasteiger partial charge in [0.1, 0.15) is 11.9 Å². The van der Waals surface area contributed by atoms with Crippen LogP contribution in [0.2, 0.25) is 0 Å². The molecule has 0 saturated heterocycles. The Hall–Kier alpha value is -1.20. The molecule has 1 unspecified atom stereocenters. The first-order valence-corrected chi connectivity index (χ1v) is 5.82. The number of aromatic nitrogens is 2. The van der Waals surface area contributed by atoms with Crippen LogP contribution in [0.1, 0.15) is 37.4 Å². The second-order valence-electron chi connectivity index (χ2n) is 3.80. The van der Waals surface area contributed by atoms with E-state index in [-0.39, 0.29) is 6.10 Å². The molecule has 1 atom stereocenters. The summed E-state index contributed by atoms with van der Waals surface area (Å²) in [6.07, 6.45) is 1.89. The summed E-state index contributed by atoms with van der Waals surface area (Å²) in [5, 5.41) is 3.03. The molecule has 0 amide bonds. The number of nitrogens with zero attached hydrogens (tertiary/aromatic N) is 2. The van der Waals surface area contributed by atoms with Crippen LogP contribution >= 0.6 is 0 Å². The van der Waals surface area contributed by atoms with Crippen LogP contribution in [0.15, 0.2) is 6.07 Å². The number of anilines is 1. The molecule has 0 bridgehead atoms. The summed E-state index contributed by atoms with van der Waals surface area (Å²) in [6, 6.07) is 1.88. The van der Waals surface area contributed by atoms with Crippen molar-refractivity contribution in [1.82, 2.24) is 9.97 Å². The summed E-state index contributed by atoms with van der Waals surface area (Å²) in [7, 11) is 5.18. The minimum absolute atomic E-state index is 0.0519. The number of ether oxygens (including phenoxy) is 2. The highest BCUT2D eigenvalue weighted by Gasteiger charge is 2.14. The lowest BCUT2D eigenvalue weighted by molar-refractivity contribution is 0.0869. The van der Waals surface area contributed by atoms with E-state index in [4.69, 9.17) is 9.47 Å². The zero-order chi connectivity index (χ0) is 12.7. The number of nitrogens with one attached hydrogen (secondary N) is 1. The van der Waals surface area contributed by atoms with Gasteiger partial charge in [0.05, 0.1) is 12.3 Å². The zero-order valence-corrected chi connectivity index (χ0v) is 11.0. The average molecular weight is 239 g/mol. The molecule has 96 valence electrons. The molecule has 1 N–H and O–H groups in total. The van der Waals surface area contributed by atoms with Crippen LogP contribution in [-0.4, -0.2) is 31.2 Å². The molecular formula is C12H21N3O2. The van der Waals surface area contributed by atoms with E-state index in [2.05, 4.69) is 22.2 Å². The lowest BCUT2D eigenvalue weighted by Crippen LogP contribution is -2.10. The van der Waals surface area contributed by atoms with Crippen LogP contribution in [0.4, 0.5) is 5.82 Å². The highest BCUT2D eigenvalue weighted by atomic mass is 16.5. The van der Waals surface area contributed by atoms with Crippen molar-refractivity contribution < 1.29 is 9.47 Å². The van der Waals surface area contributed by atoms with Gasteiger partial charge in [0.15, 0.2) is 5.82 Å². The van der Waals surface area contributed by atoms with E-state index in [9.17, 15) is 0 Å². The smallest absolute Gasteiger partial charge is 0.159 e. The van der Waals surface area contributed by atoms with Crippen LogP contribution in [-0.2, 0) is 16.1 Å². The predicted molar refractivity (Wildman–Crippen MR) is 66.9 cm³/mol. The van der Waals surface area contributed by atoms with Crippen molar-refractivity contribution >= 4 is 5.82 Å². The van der Waals surface area contributed by atoms with Gasteiger partial charge >= 0.3 is 0 Å². The maximum Gasteiger partial charge on any atom is 0.159 e. The fourth-order valence-electron chi connectivity index (χ4n) is 1.63. The van der Waals surface area contributed by atoms with Gasteiger partial charge < -0.3 is 14.8 Å². The molecule has 5 heteroatoms. The zero-order valence-electron chi connectivity index (χ0n) is 11.0. The quantitative estimate of drug-likeness (QED) is 0.790. The summed E-state index contributed by atoms with van der Waals surface area (Å²) >= 11 is 0. The Morgan fingerprint density at radius 2 is 2.12 bits per heavy atom. The molecule has 1 heterocycles. The molecule has 0 aliphatic rings. The van der Waals surface area contributed by atoms with Gasteiger partial charge in [-0.15, -0.1) is 0 Å². The molecule has 5 nitrogen and oxygen atoms in total. The Labute approximate surface area is 103 Å². The monoisotopic (exact) mass is 239 g/mol. The molecule has 0 saturated carbocycles. The van der Waals surface area contributed by atoms with Crippen molar-refractivity contribution in [2.75, 3.05) is 26.6 Å². The molecule has 0 spiro atoms. The standard InChI is InChI=1S/C12H21N3O2/c1-5-6-10(17-4)12-14-9(8-16-3)7-11(13-2)15-12/h7,10H,5-6,8H2,1-4H3,(H,13,14,15). The fraction of sp³-hybridized carbons (Fsp3) is 0.667. The largest absolute Gasteiger partial charge is 0.378 e. The second kappa shape index (κ2) is 7.19. The number of methoxy groups -OCH3 is 2. The van der Waals surface area contributed by atoms with E-state index in [1.165, 1.54) is 0 Å². The van der Waals surface area contributed by atoms with E-state index in [0.29, 0.717) is 12.4 Å². The number of hydrogen-bond donors (Lipinski definition) is 1. The van der Waals surface area contributed by atoms with Crippen LogP contribution in [0.25, 0.3) is 0 Å². The SMILES string of the molecule is CCCC(OC)c1nc(COC)cc(NC)n1. The minimum Gasteiger partial charge on any atom is -0.378 e. The van der Waals surface area contributed by atoms with Crippen LogP contribution in [0, 0.1) is 0 Å². The summed E-state index contributed by atoms with van der Waals surface area (Å²) in [5.41, 5.74) is 0.861. The Kier molecular flexibility index (Phi) is 5.86. The van der Waals surface area contributed by atoms with E-state index in [1.54, 1.807) is 14.2 Å². The van der Waals surface area contributed by atoms with E-state index in [1.807, 2.05) is 13.1 Å². The third kappa shape index (κ3) is 3.94. The Morgan fingerprint density at radius 1 is 1.35 bits per heavy atom. The van der Waals surface area contributed by atoms with E-state index >= 15 is 0 Å². The van der Waals surface area contributed by atoms with Crippen LogP contribution < -0.4 is 5.32 Å². The molecule has 0 aliphatic carbocycles. The molecule has 1 rings (SSSR count). The van der Waals surface area contributed by atoms with E-state index in [0.717, 1.165) is 24.4 Å². The van der Waals surface area contributed by atoms with Crippen molar-refractivity contribution in [1.29, 1.82) is 0 Å². The first-order chi connectivity index (χ1) is 8.24. The normalized spacial score (nSPS) is 12.5. The molecule has 1 aromatic heterocycles. The summed E-state index contributed by atoms with van der Waals surface area (Å²) < 4.78 is 10.5. The first-order valence-electron chi connectivity index (χ1n) is 5.82. The van der Waals surface area contributed by atoms with Crippen LogP contribution in [0.5, 0.6) is 0 Å². The third-order valence-electron chi connectivity index (χ3n) is 2.47. The molecule has 0 fully saturated rings. The highest BCUT2D eigenvalue weighted by molar-refractivity contribution is 5.35. The van der Waals surface area contributed by atoms with Crippen molar-refractivity contribution in [3.63, 3.8) is 0 Å². The average Bonchev–Trinajstić information content (AvgIpc) is 2.35. The maximum absolute atomic E-state index is 5.42. The molecular weight excluding hydrogens is 218 g/mol. The van der Waals surface area contributed by atoms with Gasteiger partial charge in [0, 0.05) is 27.3 Å². The van der Waals surface area contributed by atoms with Gasteiger partial charge in [-0.1, -0.05) is 13.3 Å². The van der Waals surface area contributed by atoms with Crippen LogP contribution in [0.3, 0.4) is 0 Å². The van der Waals surface area contributed by atoms with Crippen molar-refractivity contribution in [2.45, 2.75) is 32.5 Å². The number of rotatable bonds is 7. The van der Waals surface area contributed by atoms with Gasteiger partial charge in [0.2, 0.25) is 0 Å².